The lowest BCUT2D eigenvalue weighted by molar-refractivity contribution is -0.384. The Kier molecular flexibility index (Phi) is 11.2. The molecule has 2 amide bonds. The number of amides is 2. The van der Waals surface area contributed by atoms with Crippen LogP contribution in [-0.2, 0) is 28.3 Å². The molecular formula is C29H32ClN3O4S. The first-order valence-corrected chi connectivity index (χ1v) is 14.0. The zero-order chi connectivity index (χ0) is 27.5. The highest BCUT2D eigenvalue weighted by Crippen LogP contribution is 2.23. The highest BCUT2D eigenvalue weighted by Gasteiger charge is 2.31. The minimum atomic E-state index is -0.727. The van der Waals surface area contributed by atoms with E-state index in [0.29, 0.717) is 17.2 Å². The van der Waals surface area contributed by atoms with Gasteiger partial charge >= 0.3 is 0 Å². The number of nitrogens with zero attached hydrogens (tertiary/aromatic N) is 2. The van der Waals surface area contributed by atoms with Crippen LogP contribution >= 0.6 is 23.4 Å². The van der Waals surface area contributed by atoms with Gasteiger partial charge in [0.2, 0.25) is 11.8 Å². The van der Waals surface area contributed by atoms with E-state index in [1.54, 1.807) is 23.1 Å². The van der Waals surface area contributed by atoms with E-state index in [1.165, 1.54) is 23.9 Å². The van der Waals surface area contributed by atoms with Gasteiger partial charge in [-0.1, -0.05) is 79.2 Å². The largest absolute Gasteiger partial charge is 0.352 e. The normalized spacial score (nSPS) is 12.4. The predicted octanol–water partition coefficient (Wildman–Crippen LogP) is 6.04. The fourth-order valence-corrected chi connectivity index (χ4v) is 4.92. The number of hydrogen-bond acceptors (Lipinski definition) is 5. The van der Waals surface area contributed by atoms with Crippen molar-refractivity contribution >= 4 is 40.9 Å². The molecule has 0 spiro atoms. The molecule has 1 N–H and O–H groups in total. The van der Waals surface area contributed by atoms with Crippen molar-refractivity contribution < 1.29 is 14.5 Å². The van der Waals surface area contributed by atoms with Gasteiger partial charge in [0.1, 0.15) is 6.04 Å². The van der Waals surface area contributed by atoms with Crippen LogP contribution < -0.4 is 5.32 Å². The summed E-state index contributed by atoms with van der Waals surface area (Å²) in [6.45, 7) is 4.14. The number of nitrogens with one attached hydrogen (secondary N) is 1. The van der Waals surface area contributed by atoms with Crippen molar-refractivity contribution in [1.29, 1.82) is 0 Å². The average molecular weight is 554 g/mol. The Morgan fingerprint density at radius 2 is 1.66 bits per heavy atom. The molecule has 0 fully saturated rings. The van der Waals surface area contributed by atoms with Gasteiger partial charge in [-0.15, -0.1) is 11.8 Å². The molecule has 7 nitrogen and oxygen atoms in total. The first-order chi connectivity index (χ1) is 18.3. The summed E-state index contributed by atoms with van der Waals surface area (Å²) in [7, 11) is 0. The summed E-state index contributed by atoms with van der Waals surface area (Å²) in [5, 5.41) is 14.5. The molecule has 200 valence electrons. The lowest BCUT2D eigenvalue weighted by atomic mass is 10.0. The second kappa shape index (κ2) is 14.5. The molecule has 3 aromatic carbocycles. The average Bonchev–Trinajstić information content (AvgIpc) is 2.92. The number of carbonyl (C=O) groups is 2. The van der Waals surface area contributed by atoms with Gasteiger partial charge in [0.15, 0.2) is 0 Å². The van der Waals surface area contributed by atoms with Crippen LogP contribution in [0.2, 0.25) is 5.02 Å². The number of rotatable bonds is 13. The van der Waals surface area contributed by atoms with Crippen molar-refractivity contribution in [2.24, 2.45) is 0 Å². The van der Waals surface area contributed by atoms with Crippen molar-refractivity contribution in [2.45, 2.75) is 51.1 Å². The van der Waals surface area contributed by atoms with Crippen molar-refractivity contribution in [3.05, 3.63) is 111 Å². The second-order valence-electron chi connectivity index (χ2n) is 9.05. The van der Waals surface area contributed by atoms with Crippen molar-refractivity contribution in [2.75, 3.05) is 5.75 Å². The first-order valence-electron chi connectivity index (χ1n) is 12.5. The van der Waals surface area contributed by atoms with Gasteiger partial charge in [-0.05, 0) is 36.1 Å². The highest BCUT2D eigenvalue weighted by atomic mass is 35.5. The molecule has 3 rings (SSSR count). The molecule has 38 heavy (non-hydrogen) atoms. The van der Waals surface area contributed by atoms with Gasteiger partial charge in [-0.3, -0.25) is 19.7 Å². The van der Waals surface area contributed by atoms with Crippen molar-refractivity contribution in [3.63, 3.8) is 0 Å². The van der Waals surface area contributed by atoms with Crippen LogP contribution in [0.15, 0.2) is 78.9 Å². The van der Waals surface area contributed by atoms with E-state index in [1.807, 2.05) is 62.4 Å². The number of non-ortho nitro benzene ring substituents is 1. The van der Waals surface area contributed by atoms with E-state index in [4.69, 9.17) is 11.6 Å². The zero-order valence-electron chi connectivity index (χ0n) is 21.5. The molecule has 0 bridgehead atoms. The maximum atomic E-state index is 13.7. The second-order valence-corrected chi connectivity index (χ2v) is 10.4. The number of carbonyl (C=O) groups excluding carboxylic acids is 2. The maximum Gasteiger partial charge on any atom is 0.269 e. The molecule has 3 aromatic rings. The standard InChI is InChI=1S/C29H32ClN3O4S/c1-3-21(2)31-29(35)27(17-22-9-5-4-6-10-22)32(18-24-11-7-8-12-26(24)30)28(34)20-38-19-23-13-15-25(16-14-23)33(36)37/h4-16,21,27H,3,17-20H2,1-2H3,(H,31,35). The molecule has 0 heterocycles. The first kappa shape index (κ1) is 29.2. The molecule has 2 unspecified atom stereocenters. The molecule has 0 saturated carbocycles. The van der Waals surface area contributed by atoms with E-state index in [0.717, 1.165) is 23.1 Å². The smallest absolute Gasteiger partial charge is 0.269 e. The third-order valence-corrected chi connectivity index (χ3v) is 7.57. The SMILES string of the molecule is CCC(C)NC(=O)C(Cc1ccccc1)N(Cc1ccccc1Cl)C(=O)CSCc1ccc([N+](=O)[O-])cc1. The third kappa shape index (κ3) is 8.60. The van der Waals surface area contributed by atoms with Gasteiger partial charge in [0.25, 0.3) is 5.69 Å². The molecule has 9 heteroatoms. The van der Waals surface area contributed by atoms with E-state index in [2.05, 4.69) is 5.32 Å². The van der Waals surface area contributed by atoms with E-state index >= 15 is 0 Å². The summed E-state index contributed by atoms with van der Waals surface area (Å²) in [6.07, 6.45) is 1.14. The van der Waals surface area contributed by atoms with Crippen LogP contribution in [0.5, 0.6) is 0 Å². The molecule has 0 aliphatic rings. The summed E-state index contributed by atoms with van der Waals surface area (Å²) in [5.41, 5.74) is 2.61. The number of nitro benzene ring substituents is 1. The Bertz CT molecular complexity index is 1220. The number of thioether (sulfide) groups is 1. The van der Waals surface area contributed by atoms with Gasteiger partial charge in [0, 0.05) is 41.9 Å². The Morgan fingerprint density at radius 1 is 1.00 bits per heavy atom. The van der Waals surface area contributed by atoms with Gasteiger partial charge in [-0.25, -0.2) is 0 Å². The summed E-state index contributed by atoms with van der Waals surface area (Å²) in [5.74, 6) is 0.260. The fourth-order valence-electron chi connectivity index (χ4n) is 3.86. The monoisotopic (exact) mass is 553 g/mol. The Hall–Kier alpha value is -3.36. The molecular weight excluding hydrogens is 522 g/mol. The maximum absolute atomic E-state index is 13.7. The van der Waals surface area contributed by atoms with Crippen LogP contribution in [0, 0.1) is 10.1 Å². The molecule has 0 aliphatic heterocycles. The fraction of sp³-hybridized carbons (Fsp3) is 0.310. The minimum absolute atomic E-state index is 0.0248. The molecule has 0 aromatic heterocycles. The van der Waals surface area contributed by atoms with Crippen LogP contribution in [0.3, 0.4) is 0 Å². The van der Waals surface area contributed by atoms with E-state index in [9.17, 15) is 19.7 Å². The Morgan fingerprint density at radius 3 is 2.29 bits per heavy atom. The summed E-state index contributed by atoms with van der Waals surface area (Å²) >= 11 is 7.85. The summed E-state index contributed by atoms with van der Waals surface area (Å²) in [6, 6.07) is 22.5. The van der Waals surface area contributed by atoms with E-state index < -0.39 is 11.0 Å². The number of halogens is 1. The predicted molar refractivity (Wildman–Crippen MR) is 153 cm³/mol. The van der Waals surface area contributed by atoms with Crippen molar-refractivity contribution in [3.8, 4) is 0 Å². The quantitative estimate of drug-likeness (QED) is 0.206. The molecule has 2 atom stereocenters. The molecule has 0 saturated heterocycles. The molecule has 0 aliphatic carbocycles. The Balaban J connectivity index is 1.84. The minimum Gasteiger partial charge on any atom is -0.352 e. The van der Waals surface area contributed by atoms with Crippen LogP contribution in [0.4, 0.5) is 5.69 Å². The lowest BCUT2D eigenvalue weighted by Crippen LogP contribution is -2.52. The Labute approximate surface area is 232 Å². The van der Waals surface area contributed by atoms with E-state index in [-0.39, 0.29) is 35.8 Å². The van der Waals surface area contributed by atoms with Crippen LogP contribution in [0.25, 0.3) is 0 Å². The number of nitro groups is 1. The zero-order valence-corrected chi connectivity index (χ0v) is 23.1. The van der Waals surface area contributed by atoms with Gasteiger partial charge in [-0.2, -0.15) is 0 Å². The van der Waals surface area contributed by atoms with Gasteiger partial charge < -0.3 is 10.2 Å². The van der Waals surface area contributed by atoms with Crippen molar-refractivity contribution in [1.82, 2.24) is 10.2 Å². The van der Waals surface area contributed by atoms with Crippen LogP contribution in [0.1, 0.15) is 37.0 Å². The van der Waals surface area contributed by atoms with Crippen LogP contribution in [-0.4, -0.2) is 39.5 Å². The summed E-state index contributed by atoms with van der Waals surface area (Å²) in [4.78, 5) is 39.3. The number of benzene rings is 3. The highest BCUT2D eigenvalue weighted by molar-refractivity contribution is 7.99. The lowest BCUT2D eigenvalue weighted by Gasteiger charge is -2.32. The topological polar surface area (TPSA) is 92.6 Å². The number of hydrogen-bond donors (Lipinski definition) is 1. The summed E-state index contributed by atoms with van der Waals surface area (Å²) < 4.78 is 0. The third-order valence-electron chi connectivity index (χ3n) is 6.21. The van der Waals surface area contributed by atoms with Gasteiger partial charge in [0.05, 0.1) is 10.7 Å². The molecule has 0 radical (unpaired) electrons.